The highest BCUT2D eigenvalue weighted by atomic mass is 19.1. The summed E-state index contributed by atoms with van der Waals surface area (Å²) in [5, 5.41) is 9.03. The van der Waals surface area contributed by atoms with E-state index in [0.29, 0.717) is 47.6 Å². The number of benzene rings is 3. The SMILES string of the molecule is N#Cc1ccc(N2CCCN(C(=O)c3ccccc3-c3ncc(-c4ccccc4F)o3)CC2)cc1. The average molecular weight is 467 g/mol. The van der Waals surface area contributed by atoms with E-state index in [1.54, 1.807) is 30.3 Å². The van der Waals surface area contributed by atoms with Gasteiger partial charge >= 0.3 is 0 Å². The Hall–Kier alpha value is -4.44. The van der Waals surface area contributed by atoms with Crippen molar-refractivity contribution in [3.05, 3.63) is 95.9 Å². The van der Waals surface area contributed by atoms with Gasteiger partial charge in [-0.3, -0.25) is 4.79 Å². The second kappa shape index (κ2) is 9.82. The molecule has 1 aromatic heterocycles. The Morgan fingerprint density at radius 1 is 0.914 bits per heavy atom. The molecular formula is C28H23FN4O2. The molecule has 5 rings (SSSR count). The van der Waals surface area contributed by atoms with Gasteiger partial charge in [0.1, 0.15) is 5.82 Å². The van der Waals surface area contributed by atoms with Crippen LogP contribution in [0, 0.1) is 17.1 Å². The van der Waals surface area contributed by atoms with E-state index in [4.69, 9.17) is 9.68 Å². The molecule has 0 N–H and O–H groups in total. The quantitative estimate of drug-likeness (QED) is 0.404. The number of rotatable bonds is 4. The summed E-state index contributed by atoms with van der Waals surface area (Å²) in [5.41, 5.74) is 3.07. The van der Waals surface area contributed by atoms with Crippen molar-refractivity contribution in [1.29, 1.82) is 5.26 Å². The lowest BCUT2D eigenvalue weighted by Gasteiger charge is -2.24. The third-order valence-corrected chi connectivity index (χ3v) is 6.18. The van der Waals surface area contributed by atoms with Gasteiger partial charge in [-0.15, -0.1) is 0 Å². The minimum absolute atomic E-state index is 0.0899. The molecule has 1 amide bonds. The van der Waals surface area contributed by atoms with Gasteiger partial charge in [-0.2, -0.15) is 5.26 Å². The molecule has 0 radical (unpaired) electrons. The smallest absolute Gasteiger partial charge is 0.254 e. The summed E-state index contributed by atoms with van der Waals surface area (Å²) in [5.74, 6) is 0.110. The molecule has 3 aromatic carbocycles. The van der Waals surface area contributed by atoms with Crippen molar-refractivity contribution in [2.24, 2.45) is 0 Å². The van der Waals surface area contributed by atoms with Crippen molar-refractivity contribution < 1.29 is 13.6 Å². The molecular weight excluding hydrogens is 443 g/mol. The number of hydrogen-bond donors (Lipinski definition) is 0. The summed E-state index contributed by atoms with van der Waals surface area (Å²) >= 11 is 0. The topological polar surface area (TPSA) is 73.4 Å². The summed E-state index contributed by atoms with van der Waals surface area (Å²) in [7, 11) is 0. The first-order valence-electron chi connectivity index (χ1n) is 11.5. The van der Waals surface area contributed by atoms with E-state index >= 15 is 0 Å². The van der Waals surface area contributed by atoms with Crippen molar-refractivity contribution in [1.82, 2.24) is 9.88 Å². The normalized spacial score (nSPS) is 13.8. The minimum Gasteiger partial charge on any atom is -0.436 e. The van der Waals surface area contributed by atoms with Crippen LogP contribution >= 0.6 is 0 Å². The Labute approximate surface area is 202 Å². The van der Waals surface area contributed by atoms with E-state index in [1.165, 1.54) is 12.3 Å². The second-order valence-corrected chi connectivity index (χ2v) is 8.35. The Kier molecular flexibility index (Phi) is 6.27. The Bertz CT molecular complexity index is 1390. The molecule has 7 heteroatoms. The number of halogens is 1. The third-order valence-electron chi connectivity index (χ3n) is 6.18. The van der Waals surface area contributed by atoms with E-state index in [-0.39, 0.29) is 11.8 Å². The molecule has 1 aliphatic heterocycles. The Balaban J connectivity index is 1.36. The third kappa shape index (κ3) is 4.64. The van der Waals surface area contributed by atoms with Crippen LogP contribution in [0.4, 0.5) is 10.1 Å². The number of carbonyl (C=O) groups is 1. The molecule has 6 nitrogen and oxygen atoms in total. The number of amides is 1. The minimum atomic E-state index is -0.393. The fourth-order valence-corrected chi connectivity index (χ4v) is 4.34. The van der Waals surface area contributed by atoms with Crippen LogP contribution in [0.5, 0.6) is 0 Å². The molecule has 2 heterocycles. The maximum Gasteiger partial charge on any atom is 0.254 e. The summed E-state index contributed by atoms with van der Waals surface area (Å²) in [6, 6.07) is 23.2. The lowest BCUT2D eigenvalue weighted by Crippen LogP contribution is -2.35. The van der Waals surface area contributed by atoms with E-state index < -0.39 is 5.82 Å². The molecule has 174 valence electrons. The molecule has 4 aromatic rings. The van der Waals surface area contributed by atoms with E-state index in [2.05, 4.69) is 16.0 Å². The summed E-state index contributed by atoms with van der Waals surface area (Å²) in [6.45, 7) is 2.71. The zero-order valence-corrected chi connectivity index (χ0v) is 19.0. The zero-order valence-electron chi connectivity index (χ0n) is 19.0. The molecule has 0 spiro atoms. The van der Waals surface area contributed by atoms with E-state index in [0.717, 1.165) is 18.7 Å². The number of hydrogen-bond acceptors (Lipinski definition) is 5. The first kappa shape index (κ1) is 22.4. The van der Waals surface area contributed by atoms with Gasteiger partial charge in [-0.1, -0.05) is 24.3 Å². The standard InChI is InChI=1S/C28H23FN4O2/c29-25-9-4-3-8-24(25)26-19-31-27(35-26)22-6-1-2-7-23(22)28(34)33-15-5-14-32(16-17-33)21-12-10-20(18-30)11-13-21/h1-4,6-13,19H,5,14-17H2. The average Bonchev–Trinajstić information content (AvgIpc) is 3.26. The first-order valence-corrected chi connectivity index (χ1v) is 11.5. The number of carbonyl (C=O) groups excluding carboxylic acids is 1. The lowest BCUT2D eigenvalue weighted by atomic mass is 10.1. The van der Waals surface area contributed by atoms with Gasteiger partial charge in [0.25, 0.3) is 5.91 Å². The largest absolute Gasteiger partial charge is 0.436 e. The van der Waals surface area contributed by atoms with Gasteiger partial charge in [0.15, 0.2) is 5.76 Å². The van der Waals surface area contributed by atoms with Crippen molar-refractivity contribution in [2.75, 3.05) is 31.1 Å². The number of anilines is 1. The number of nitrogens with zero attached hydrogens (tertiary/aromatic N) is 4. The van der Waals surface area contributed by atoms with Gasteiger partial charge < -0.3 is 14.2 Å². The van der Waals surface area contributed by atoms with Gasteiger partial charge in [0.2, 0.25) is 5.89 Å². The van der Waals surface area contributed by atoms with Crippen LogP contribution in [0.15, 0.2) is 83.4 Å². The van der Waals surface area contributed by atoms with E-state index in [9.17, 15) is 9.18 Å². The fraction of sp³-hybridized carbons (Fsp3) is 0.179. The molecule has 35 heavy (non-hydrogen) atoms. The highest BCUT2D eigenvalue weighted by Crippen LogP contribution is 2.30. The highest BCUT2D eigenvalue weighted by Gasteiger charge is 2.24. The molecule has 0 saturated carbocycles. The summed E-state index contributed by atoms with van der Waals surface area (Å²) < 4.78 is 20.1. The summed E-state index contributed by atoms with van der Waals surface area (Å²) in [4.78, 5) is 22.0. The predicted molar refractivity (Wildman–Crippen MR) is 131 cm³/mol. The van der Waals surface area contributed by atoms with Crippen LogP contribution in [0.2, 0.25) is 0 Å². The monoisotopic (exact) mass is 466 g/mol. The van der Waals surface area contributed by atoms with Crippen LogP contribution in [0.3, 0.4) is 0 Å². The van der Waals surface area contributed by atoms with Crippen LogP contribution in [0.1, 0.15) is 22.3 Å². The maximum absolute atomic E-state index is 14.2. The van der Waals surface area contributed by atoms with Crippen LogP contribution in [-0.2, 0) is 0 Å². The Morgan fingerprint density at radius 2 is 1.66 bits per heavy atom. The summed E-state index contributed by atoms with van der Waals surface area (Å²) in [6.07, 6.45) is 2.31. The molecule has 1 fully saturated rings. The predicted octanol–water partition coefficient (Wildman–Crippen LogP) is 5.37. The molecule has 1 aliphatic rings. The Morgan fingerprint density at radius 3 is 2.43 bits per heavy atom. The van der Waals surface area contributed by atoms with Gasteiger partial charge in [0.05, 0.1) is 29.0 Å². The van der Waals surface area contributed by atoms with Gasteiger partial charge in [-0.25, -0.2) is 9.37 Å². The van der Waals surface area contributed by atoms with Crippen molar-refractivity contribution in [3.8, 4) is 28.8 Å². The van der Waals surface area contributed by atoms with Crippen molar-refractivity contribution >= 4 is 11.6 Å². The fourth-order valence-electron chi connectivity index (χ4n) is 4.34. The van der Waals surface area contributed by atoms with Gasteiger partial charge in [0, 0.05) is 37.4 Å². The van der Waals surface area contributed by atoms with Crippen LogP contribution in [-0.4, -0.2) is 42.0 Å². The van der Waals surface area contributed by atoms with Crippen molar-refractivity contribution in [2.45, 2.75) is 6.42 Å². The van der Waals surface area contributed by atoms with E-state index in [1.807, 2.05) is 41.3 Å². The van der Waals surface area contributed by atoms with Crippen LogP contribution < -0.4 is 4.90 Å². The molecule has 1 saturated heterocycles. The zero-order chi connectivity index (χ0) is 24.2. The molecule has 0 unspecified atom stereocenters. The van der Waals surface area contributed by atoms with Crippen molar-refractivity contribution in [3.63, 3.8) is 0 Å². The highest BCUT2D eigenvalue weighted by molar-refractivity contribution is 6.00. The van der Waals surface area contributed by atoms with Crippen LogP contribution in [0.25, 0.3) is 22.8 Å². The molecule has 0 aliphatic carbocycles. The number of oxazole rings is 1. The first-order chi connectivity index (χ1) is 17.1. The van der Waals surface area contributed by atoms with Gasteiger partial charge in [-0.05, 0) is 55.0 Å². The lowest BCUT2D eigenvalue weighted by molar-refractivity contribution is 0.0767. The second-order valence-electron chi connectivity index (χ2n) is 8.35. The number of nitriles is 1. The maximum atomic E-state index is 14.2. The number of aromatic nitrogens is 1. The molecule has 0 atom stereocenters. The molecule has 0 bridgehead atoms.